The fourth-order valence-corrected chi connectivity index (χ4v) is 2.34. The maximum absolute atomic E-state index is 11.8. The lowest BCUT2D eigenvalue weighted by Crippen LogP contribution is -2.18. The van der Waals surface area contributed by atoms with Crippen molar-refractivity contribution in [1.29, 1.82) is 0 Å². The second kappa shape index (κ2) is 7.09. The SMILES string of the molecule is CCc1nc(C(N)=O)c(Nc2cnn(C)c2)nc1Oc1cccc(N)c1. The number of nitrogens with zero attached hydrogens (tertiary/aromatic N) is 4. The number of benzene rings is 1. The topological polar surface area (TPSA) is 134 Å². The van der Waals surface area contributed by atoms with Gasteiger partial charge in [-0.2, -0.15) is 10.1 Å². The Morgan fingerprint density at radius 2 is 2.15 bits per heavy atom. The summed E-state index contributed by atoms with van der Waals surface area (Å²) in [5.41, 5.74) is 13.0. The van der Waals surface area contributed by atoms with Gasteiger partial charge in [-0.1, -0.05) is 13.0 Å². The van der Waals surface area contributed by atoms with Crippen molar-refractivity contribution in [1.82, 2.24) is 19.7 Å². The summed E-state index contributed by atoms with van der Waals surface area (Å²) in [5.74, 6) is 0.304. The van der Waals surface area contributed by atoms with Crippen molar-refractivity contribution in [2.45, 2.75) is 13.3 Å². The van der Waals surface area contributed by atoms with E-state index in [4.69, 9.17) is 16.2 Å². The van der Waals surface area contributed by atoms with E-state index in [0.29, 0.717) is 29.2 Å². The number of nitrogen functional groups attached to an aromatic ring is 1. The highest BCUT2D eigenvalue weighted by Crippen LogP contribution is 2.28. The van der Waals surface area contributed by atoms with Crippen LogP contribution in [0, 0.1) is 0 Å². The van der Waals surface area contributed by atoms with Gasteiger partial charge in [0.2, 0.25) is 5.88 Å². The molecule has 3 aromatic rings. The van der Waals surface area contributed by atoms with Crippen molar-refractivity contribution in [2.75, 3.05) is 11.1 Å². The van der Waals surface area contributed by atoms with Crippen LogP contribution in [0.15, 0.2) is 36.7 Å². The van der Waals surface area contributed by atoms with Crippen molar-refractivity contribution in [3.63, 3.8) is 0 Å². The number of hydrogen-bond donors (Lipinski definition) is 3. The quantitative estimate of drug-likeness (QED) is 0.577. The van der Waals surface area contributed by atoms with E-state index in [1.54, 1.807) is 48.4 Å². The first-order valence-electron chi connectivity index (χ1n) is 7.96. The monoisotopic (exact) mass is 353 g/mol. The minimum absolute atomic E-state index is 0.0330. The molecule has 0 radical (unpaired) electrons. The number of aryl methyl sites for hydroxylation is 2. The number of nitrogens with one attached hydrogen (secondary N) is 1. The van der Waals surface area contributed by atoms with Crippen LogP contribution in [0.3, 0.4) is 0 Å². The van der Waals surface area contributed by atoms with Crippen LogP contribution in [0.4, 0.5) is 17.2 Å². The van der Waals surface area contributed by atoms with Crippen LogP contribution >= 0.6 is 0 Å². The third kappa shape index (κ3) is 3.72. The minimum Gasteiger partial charge on any atom is -0.437 e. The maximum atomic E-state index is 11.8. The average molecular weight is 353 g/mol. The third-order valence-corrected chi connectivity index (χ3v) is 3.54. The molecule has 2 heterocycles. The number of carbonyl (C=O) groups excluding carboxylic acids is 1. The zero-order valence-electron chi connectivity index (χ0n) is 14.4. The van der Waals surface area contributed by atoms with Gasteiger partial charge < -0.3 is 21.5 Å². The van der Waals surface area contributed by atoms with E-state index >= 15 is 0 Å². The van der Waals surface area contributed by atoms with E-state index in [2.05, 4.69) is 20.4 Å². The molecule has 0 atom stereocenters. The Labute approximate surface area is 150 Å². The summed E-state index contributed by atoms with van der Waals surface area (Å²) < 4.78 is 7.45. The fraction of sp³-hybridized carbons (Fsp3) is 0.176. The Bertz CT molecular complexity index is 952. The summed E-state index contributed by atoms with van der Waals surface area (Å²) in [6.07, 6.45) is 3.84. The van der Waals surface area contributed by atoms with E-state index in [-0.39, 0.29) is 17.4 Å². The van der Waals surface area contributed by atoms with Gasteiger partial charge in [-0.05, 0) is 18.6 Å². The van der Waals surface area contributed by atoms with Gasteiger partial charge in [-0.3, -0.25) is 9.48 Å². The number of nitrogens with two attached hydrogens (primary N) is 2. The summed E-state index contributed by atoms with van der Waals surface area (Å²) in [6, 6.07) is 6.96. The Hall–Kier alpha value is -3.62. The molecule has 5 N–H and O–H groups in total. The third-order valence-electron chi connectivity index (χ3n) is 3.54. The average Bonchev–Trinajstić information content (AvgIpc) is 3.00. The van der Waals surface area contributed by atoms with Gasteiger partial charge in [0.05, 0.1) is 11.9 Å². The molecule has 0 saturated heterocycles. The standard InChI is InChI=1S/C17H19N7O2/c1-3-13-17(26-12-6-4-5-10(18)7-12)23-16(14(22-13)15(19)25)21-11-8-20-24(2)9-11/h4-9H,3,18H2,1-2H3,(H2,19,25)(H,21,23). The normalized spacial score (nSPS) is 10.5. The molecule has 0 unspecified atom stereocenters. The van der Waals surface area contributed by atoms with E-state index in [1.807, 2.05) is 6.92 Å². The van der Waals surface area contributed by atoms with Gasteiger partial charge in [0, 0.05) is 25.0 Å². The van der Waals surface area contributed by atoms with Crippen LogP contribution in [0.2, 0.25) is 0 Å². The van der Waals surface area contributed by atoms with Gasteiger partial charge in [0.15, 0.2) is 11.5 Å². The molecule has 0 bridgehead atoms. The largest absolute Gasteiger partial charge is 0.437 e. The first-order chi connectivity index (χ1) is 12.5. The number of aromatic nitrogens is 4. The van der Waals surface area contributed by atoms with Crippen LogP contribution in [0.5, 0.6) is 11.6 Å². The van der Waals surface area contributed by atoms with Gasteiger partial charge in [0.1, 0.15) is 11.4 Å². The molecule has 26 heavy (non-hydrogen) atoms. The highest BCUT2D eigenvalue weighted by atomic mass is 16.5. The highest BCUT2D eigenvalue weighted by Gasteiger charge is 2.19. The highest BCUT2D eigenvalue weighted by molar-refractivity contribution is 5.96. The number of primary amides is 1. The second-order valence-corrected chi connectivity index (χ2v) is 5.59. The predicted molar refractivity (Wildman–Crippen MR) is 97.3 cm³/mol. The first kappa shape index (κ1) is 17.2. The predicted octanol–water partition coefficient (Wildman–Crippen LogP) is 1.99. The van der Waals surface area contributed by atoms with Crippen LogP contribution < -0.4 is 21.5 Å². The summed E-state index contributed by atoms with van der Waals surface area (Å²) >= 11 is 0. The molecule has 9 heteroatoms. The van der Waals surface area contributed by atoms with E-state index < -0.39 is 5.91 Å². The summed E-state index contributed by atoms with van der Waals surface area (Å²) in [4.78, 5) is 20.6. The zero-order chi connectivity index (χ0) is 18.7. The minimum atomic E-state index is -0.686. The molecule has 0 aliphatic carbocycles. The Balaban J connectivity index is 2.02. The van der Waals surface area contributed by atoms with Crippen molar-refractivity contribution < 1.29 is 9.53 Å². The zero-order valence-corrected chi connectivity index (χ0v) is 14.4. The number of ether oxygens (including phenoxy) is 1. The van der Waals surface area contributed by atoms with E-state index in [1.165, 1.54) is 0 Å². The van der Waals surface area contributed by atoms with Crippen molar-refractivity contribution >= 4 is 23.1 Å². The molecule has 2 aromatic heterocycles. The summed E-state index contributed by atoms with van der Waals surface area (Å²) in [5, 5.41) is 7.07. The number of carbonyl (C=O) groups is 1. The molecule has 0 saturated carbocycles. The molecule has 0 aliphatic heterocycles. The Morgan fingerprint density at radius 1 is 1.35 bits per heavy atom. The van der Waals surface area contributed by atoms with Crippen LogP contribution in [-0.4, -0.2) is 25.7 Å². The van der Waals surface area contributed by atoms with Crippen LogP contribution in [0.1, 0.15) is 23.1 Å². The fourth-order valence-electron chi connectivity index (χ4n) is 2.34. The van der Waals surface area contributed by atoms with E-state index in [9.17, 15) is 4.79 Å². The number of rotatable bonds is 6. The van der Waals surface area contributed by atoms with Crippen molar-refractivity contribution in [2.24, 2.45) is 12.8 Å². The summed E-state index contributed by atoms with van der Waals surface area (Å²) in [6.45, 7) is 1.88. The number of amides is 1. The lowest BCUT2D eigenvalue weighted by atomic mass is 10.3. The Kier molecular flexibility index (Phi) is 4.70. The molecular weight excluding hydrogens is 334 g/mol. The number of anilines is 3. The molecule has 0 aliphatic rings. The molecule has 0 spiro atoms. The van der Waals surface area contributed by atoms with Crippen LogP contribution in [-0.2, 0) is 13.5 Å². The second-order valence-electron chi connectivity index (χ2n) is 5.59. The maximum Gasteiger partial charge on any atom is 0.271 e. The van der Waals surface area contributed by atoms with Crippen molar-refractivity contribution in [3.8, 4) is 11.6 Å². The molecule has 1 aromatic carbocycles. The van der Waals surface area contributed by atoms with Gasteiger partial charge >= 0.3 is 0 Å². The smallest absolute Gasteiger partial charge is 0.271 e. The van der Waals surface area contributed by atoms with Gasteiger partial charge in [0.25, 0.3) is 5.91 Å². The lowest BCUT2D eigenvalue weighted by Gasteiger charge is -2.13. The summed E-state index contributed by atoms with van der Waals surface area (Å²) in [7, 11) is 1.78. The van der Waals surface area contributed by atoms with Crippen molar-refractivity contribution in [3.05, 3.63) is 48.0 Å². The molecule has 0 fully saturated rings. The van der Waals surface area contributed by atoms with Gasteiger partial charge in [-0.15, -0.1) is 0 Å². The van der Waals surface area contributed by atoms with Gasteiger partial charge in [-0.25, -0.2) is 4.98 Å². The Morgan fingerprint density at radius 3 is 2.77 bits per heavy atom. The first-order valence-corrected chi connectivity index (χ1v) is 7.96. The molecule has 1 amide bonds. The van der Waals surface area contributed by atoms with E-state index in [0.717, 1.165) is 0 Å². The number of hydrogen-bond acceptors (Lipinski definition) is 7. The molecule has 3 rings (SSSR count). The molecular formula is C17H19N7O2. The molecule has 9 nitrogen and oxygen atoms in total. The van der Waals surface area contributed by atoms with Crippen LogP contribution in [0.25, 0.3) is 0 Å². The molecule has 134 valence electrons. The lowest BCUT2D eigenvalue weighted by molar-refractivity contribution is 0.0996.